The Balaban J connectivity index is 1.63. The number of aryl methyl sites for hydroxylation is 1. The summed E-state index contributed by atoms with van der Waals surface area (Å²) < 4.78 is 0. The maximum Gasteiger partial charge on any atom is 0.206 e. The third-order valence-corrected chi connectivity index (χ3v) is 4.34. The lowest BCUT2D eigenvalue weighted by atomic mass is 10.1. The van der Waals surface area contributed by atoms with Crippen LogP contribution in [0, 0.1) is 6.92 Å². The Bertz CT molecular complexity index is 723. The molecule has 0 spiro atoms. The first-order valence-electron chi connectivity index (χ1n) is 7.67. The molecule has 0 aliphatic carbocycles. The summed E-state index contributed by atoms with van der Waals surface area (Å²) in [6.07, 6.45) is -0.531. The van der Waals surface area contributed by atoms with Crippen LogP contribution < -0.4 is 9.80 Å². The molecule has 4 rings (SSSR count). The Kier molecular flexibility index (Phi) is 3.12. The number of para-hydroxylation sites is 2. The van der Waals surface area contributed by atoms with Crippen molar-refractivity contribution < 1.29 is 5.11 Å². The maximum atomic E-state index is 10.6. The van der Waals surface area contributed by atoms with Crippen LogP contribution in [0.25, 0.3) is 0 Å². The number of hydrogen-bond donors (Lipinski definition) is 1. The number of aliphatic hydroxyl groups is 1. The summed E-state index contributed by atoms with van der Waals surface area (Å²) in [4.78, 5) is 8.98. The fraction of sp³-hybridized carbons (Fsp3) is 0.278. The number of aliphatic imine (C=N–C) groups is 1. The van der Waals surface area contributed by atoms with Gasteiger partial charge in [0.25, 0.3) is 0 Å². The summed E-state index contributed by atoms with van der Waals surface area (Å²) in [5.41, 5.74) is 4.47. The van der Waals surface area contributed by atoms with E-state index in [9.17, 15) is 5.11 Å². The quantitative estimate of drug-likeness (QED) is 0.946. The molecule has 0 unspecified atom stereocenters. The summed E-state index contributed by atoms with van der Waals surface area (Å²) in [5.74, 6) is 0.965. The third-order valence-electron chi connectivity index (χ3n) is 4.34. The molecule has 2 aromatic carbocycles. The fourth-order valence-corrected chi connectivity index (χ4v) is 3.17. The minimum absolute atomic E-state index is 0.523. The minimum Gasteiger partial charge on any atom is -0.387 e. The van der Waals surface area contributed by atoms with Crippen LogP contribution in [0.5, 0.6) is 0 Å². The summed E-state index contributed by atoms with van der Waals surface area (Å²) in [7, 11) is 0. The Morgan fingerprint density at radius 1 is 1.09 bits per heavy atom. The van der Waals surface area contributed by atoms with E-state index in [1.807, 2.05) is 30.3 Å². The molecule has 2 aromatic rings. The van der Waals surface area contributed by atoms with Crippen LogP contribution in [0.1, 0.15) is 17.2 Å². The largest absolute Gasteiger partial charge is 0.387 e. The van der Waals surface area contributed by atoms with Gasteiger partial charge in [-0.1, -0.05) is 42.0 Å². The van der Waals surface area contributed by atoms with Crippen LogP contribution >= 0.6 is 0 Å². The van der Waals surface area contributed by atoms with E-state index >= 15 is 0 Å². The smallest absolute Gasteiger partial charge is 0.206 e. The van der Waals surface area contributed by atoms with Crippen molar-refractivity contribution in [3.63, 3.8) is 0 Å². The number of guanidine groups is 1. The average molecular weight is 293 g/mol. The molecule has 1 atom stereocenters. The number of rotatable bonds is 3. The van der Waals surface area contributed by atoms with E-state index < -0.39 is 6.10 Å². The maximum absolute atomic E-state index is 10.6. The van der Waals surface area contributed by atoms with Gasteiger partial charge in [0.1, 0.15) is 0 Å². The Hall–Kier alpha value is -2.33. The topological polar surface area (TPSA) is 39.1 Å². The van der Waals surface area contributed by atoms with E-state index in [-0.39, 0.29) is 0 Å². The van der Waals surface area contributed by atoms with Gasteiger partial charge < -0.3 is 14.9 Å². The number of anilines is 2. The van der Waals surface area contributed by atoms with Crippen LogP contribution in [-0.4, -0.2) is 30.7 Å². The summed E-state index contributed by atoms with van der Waals surface area (Å²) in [6.45, 7) is 4.32. The highest BCUT2D eigenvalue weighted by Crippen LogP contribution is 2.39. The van der Waals surface area contributed by atoms with E-state index in [0.29, 0.717) is 6.54 Å². The van der Waals surface area contributed by atoms with Crippen LogP contribution in [0.3, 0.4) is 0 Å². The molecule has 4 heteroatoms. The SMILES string of the molecule is Cc1ccc([C@H](O)CN2C3=NCCN3c3ccccc32)cc1. The lowest BCUT2D eigenvalue weighted by Gasteiger charge is -2.23. The predicted molar refractivity (Wildman–Crippen MR) is 89.6 cm³/mol. The first kappa shape index (κ1) is 13.3. The lowest BCUT2D eigenvalue weighted by Crippen LogP contribution is -2.37. The van der Waals surface area contributed by atoms with Crippen molar-refractivity contribution in [3.8, 4) is 0 Å². The molecule has 2 aliphatic heterocycles. The molecule has 0 saturated carbocycles. The Labute approximate surface area is 130 Å². The fourth-order valence-electron chi connectivity index (χ4n) is 3.17. The number of nitrogens with zero attached hydrogens (tertiary/aromatic N) is 3. The van der Waals surface area contributed by atoms with Gasteiger partial charge in [0.05, 0.1) is 30.6 Å². The van der Waals surface area contributed by atoms with Gasteiger partial charge in [0.15, 0.2) is 0 Å². The van der Waals surface area contributed by atoms with Crippen molar-refractivity contribution in [1.29, 1.82) is 0 Å². The van der Waals surface area contributed by atoms with Gasteiger partial charge in [-0.15, -0.1) is 0 Å². The molecular weight excluding hydrogens is 274 g/mol. The number of hydrogen-bond acceptors (Lipinski definition) is 4. The Morgan fingerprint density at radius 2 is 1.82 bits per heavy atom. The zero-order valence-corrected chi connectivity index (χ0v) is 12.6. The lowest BCUT2D eigenvalue weighted by molar-refractivity contribution is 0.187. The van der Waals surface area contributed by atoms with Gasteiger partial charge in [0, 0.05) is 6.54 Å². The van der Waals surface area contributed by atoms with Gasteiger partial charge in [-0.2, -0.15) is 0 Å². The molecule has 0 amide bonds. The number of fused-ring (bicyclic) bond motifs is 3. The second kappa shape index (κ2) is 5.14. The van der Waals surface area contributed by atoms with Crippen LogP contribution in [0.15, 0.2) is 53.5 Å². The molecule has 0 fully saturated rings. The molecule has 0 bridgehead atoms. The van der Waals surface area contributed by atoms with E-state index in [1.165, 1.54) is 11.3 Å². The summed E-state index contributed by atoms with van der Waals surface area (Å²) in [6, 6.07) is 16.4. The van der Waals surface area contributed by atoms with E-state index in [0.717, 1.165) is 30.3 Å². The molecule has 1 N–H and O–H groups in total. The van der Waals surface area contributed by atoms with Crippen molar-refractivity contribution >= 4 is 17.3 Å². The van der Waals surface area contributed by atoms with Crippen molar-refractivity contribution in [3.05, 3.63) is 59.7 Å². The molecule has 22 heavy (non-hydrogen) atoms. The predicted octanol–water partition coefficient (Wildman–Crippen LogP) is 2.72. The highest BCUT2D eigenvalue weighted by atomic mass is 16.3. The van der Waals surface area contributed by atoms with Gasteiger partial charge >= 0.3 is 0 Å². The highest BCUT2D eigenvalue weighted by Gasteiger charge is 2.35. The first-order chi connectivity index (χ1) is 10.7. The van der Waals surface area contributed by atoms with E-state index in [4.69, 9.17) is 0 Å². The van der Waals surface area contributed by atoms with Crippen molar-refractivity contribution in [1.82, 2.24) is 0 Å². The van der Waals surface area contributed by atoms with Crippen LogP contribution in [0.2, 0.25) is 0 Å². The third kappa shape index (κ3) is 2.07. The van der Waals surface area contributed by atoms with Crippen LogP contribution in [0.4, 0.5) is 11.4 Å². The zero-order chi connectivity index (χ0) is 15.1. The first-order valence-corrected chi connectivity index (χ1v) is 7.67. The minimum atomic E-state index is -0.531. The van der Waals surface area contributed by atoms with E-state index in [1.54, 1.807) is 0 Å². The van der Waals surface area contributed by atoms with Gasteiger partial charge in [0.2, 0.25) is 5.96 Å². The Morgan fingerprint density at radius 3 is 2.59 bits per heavy atom. The number of benzene rings is 2. The summed E-state index contributed by atoms with van der Waals surface area (Å²) in [5, 5.41) is 10.6. The van der Waals surface area contributed by atoms with Crippen molar-refractivity contribution in [2.75, 3.05) is 29.4 Å². The highest BCUT2D eigenvalue weighted by molar-refractivity contribution is 6.17. The average Bonchev–Trinajstić information content (AvgIpc) is 3.11. The summed E-state index contributed by atoms with van der Waals surface area (Å²) >= 11 is 0. The molecule has 0 saturated heterocycles. The van der Waals surface area contributed by atoms with E-state index in [2.05, 4.69) is 39.9 Å². The molecule has 0 aromatic heterocycles. The normalized spacial score (nSPS) is 17.3. The van der Waals surface area contributed by atoms with Crippen molar-refractivity contribution in [2.24, 2.45) is 4.99 Å². The molecular formula is C18H19N3O. The van der Waals surface area contributed by atoms with Crippen LogP contribution in [-0.2, 0) is 0 Å². The van der Waals surface area contributed by atoms with Crippen molar-refractivity contribution in [2.45, 2.75) is 13.0 Å². The van der Waals surface area contributed by atoms with Gasteiger partial charge in [-0.25, -0.2) is 0 Å². The standard InChI is InChI=1S/C18H19N3O/c1-13-6-8-14(9-7-13)17(22)12-21-16-5-3-2-4-15(16)20-11-10-19-18(20)21/h2-9,17,22H,10-12H2,1H3/t17-/m1/s1. The number of β-amino-alcohol motifs (C(OH)–C–C–N with tert-alkyl or cyclic N) is 1. The molecule has 4 nitrogen and oxygen atoms in total. The van der Waals surface area contributed by atoms with Gasteiger partial charge in [-0.3, -0.25) is 4.99 Å². The van der Waals surface area contributed by atoms with Gasteiger partial charge in [-0.05, 0) is 24.6 Å². The molecule has 0 radical (unpaired) electrons. The molecule has 2 heterocycles. The second-order valence-corrected chi connectivity index (χ2v) is 5.86. The second-order valence-electron chi connectivity index (χ2n) is 5.86. The zero-order valence-electron chi connectivity index (χ0n) is 12.6. The monoisotopic (exact) mass is 293 g/mol. The molecule has 2 aliphatic rings. The number of aliphatic hydroxyl groups excluding tert-OH is 1. The molecule has 112 valence electrons.